The molecule has 0 aliphatic rings. The van der Waals surface area contributed by atoms with E-state index in [0.717, 1.165) is 60.4 Å². The van der Waals surface area contributed by atoms with Gasteiger partial charge in [0.2, 0.25) is 0 Å². The molecular weight excluding hydrogens is 701 g/mol. The molecule has 0 spiro atoms. The van der Waals surface area contributed by atoms with Gasteiger partial charge in [0.15, 0.2) is 17.5 Å². The van der Waals surface area contributed by atoms with E-state index >= 15 is 0 Å². The second-order valence-corrected chi connectivity index (χ2v) is 15.1. The zero-order chi connectivity index (χ0) is 37.0. The molecule has 0 fully saturated rings. The standard InChI is InChI=1S/C51H32N4S/c1-3-16-33(17-4-1)35-30-36(34-18-5-2-6-19-34)32-37(31-35)49-52-50(54-51(53-49)43-25-15-24-41-40-22-10-14-29-47(40)56-48(41)43)42-23-9-13-28-46(42)55-44-26-11-7-20-38(44)39-21-8-12-27-45(39)55/h1-32H. The topological polar surface area (TPSA) is 43.6 Å². The molecule has 56 heavy (non-hydrogen) atoms. The Kier molecular flexibility index (Phi) is 7.64. The molecule has 4 nitrogen and oxygen atoms in total. The maximum atomic E-state index is 5.39. The van der Waals surface area contributed by atoms with Gasteiger partial charge in [-0.3, -0.25) is 0 Å². The summed E-state index contributed by atoms with van der Waals surface area (Å²) in [6.07, 6.45) is 0. The summed E-state index contributed by atoms with van der Waals surface area (Å²) in [4.78, 5) is 16.1. The summed E-state index contributed by atoms with van der Waals surface area (Å²) in [6.45, 7) is 0. The molecule has 0 radical (unpaired) electrons. The van der Waals surface area contributed by atoms with Crippen LogP contribution in [0.5, 0.6) is 0 Å². The number of hydrogen-bond donors (Lipinski definition) is 0. The fourth-order valence-electron chi connectivity index (χ4n) is 8.06. The molecule has 0 aliphatic carbocycles. The molecule has 0 unspecified atom stereocenters. The van der Waals surface area contributed by atoms with Crippen LogP contribution >= 0.6 is 11.3 Å². The highest BCUT2D eigenvalue weighted by Gasteiger charge is 2.21. The van der Waals surface area contributed by atoms with Crippen molar-refractivity contribution in [3.05, 3.63) is 194 Å². The first-order valence-electron chi connectivity index (χ1n) is 18.8. The molecule has 0 aliphatic heterocycles. The van der Waals surface area contributed by atoms with Gasteiger partial charge in [0.05, 0.1) is 16.7 Å². The van der Waals surface area contributed by atoms with Crippen molar-refractivity contribution >= 4 is 53.3 Å². The van der Waals surface area contributed by atoms with E-state index in [1.54, 1.807) is 11.3 Å². The highest BCUT2D eigenvalue weighted by Crippen LogP contribution is 2.41. The van der Waals surface area contributed by atoms with Gasteiger partial charge in [0.1, 0.15) is 0 Å². The Labute approximate surface area is 327 Å². The molecule has 0 bridgehead atoms. The van der Waals surface area contributed by atoms with Gasteiger partial charge in [0.25, 0.3) is 0 Å². The van der Waals surface area contributed by atoms with E-state index in [2.05, 4.69) is 199 Å². The first kappa shape index (κ1) is 32.2. The molecular formula is C51H32N4S. The maximum absolute atomic E-state index is 5.39. The minimum atomic E-state index is 0.618. The van der Waals surface area contributed by atoms with Crippen LogP contribution in [0.25, 0.3) is 104 Å². The Hall–Kier alpha value is -7.21. The number of fused-ring (bicyclic) bond motifs is 6. The number of thiophene rings is 1. The summed E-state index contributed by atoms with van der Waals surface area (Å²) in [6, 6.07) is 68.5. The van der Waals surface area contributed by atoms with E-state index in [1.165, 1.54) is 26.2 Å². The third-order valence-electron chi connectivity index (χ3n) is 10.7. The minimum Gasteiger partial charge on any atom is -0.309 e. The normalized spacial score (nSPS) is 11.6. The molecule has 11 aromatic rings. The van der Waals surface area contributed by atoms with Gasteiger partial charge in [-0.1, -0.05) is 140 Å². The molecule has 0 saturated carbocycles. The monoisotopic (exact) mass is 732 g/mol. The Morgan fingerprint density at radius 1 is 0.339 bits per heavy atom. The zero-order valence-corrected chi connectivity index (χ0v) is 31.0. The molecule has 0 N–H and O–H groups in total. The molecule has 3 heterocycles. The number of para-hydroxylation sites is 3. The molecule has 0 atom stereocenters. The van der Waals surface area contributed by atoms with Crippen molar-refractivity contribution in [1.82, 2.24) is 19.5 Å². The summed E-state index contributed by atoms with van der Waals surface area (Å²) < 4.78 is 4.75. The van der Waals surface area contributed by atoms with Gasteiger partial charge in [-0.25, -0.2) is 15.0 Å². The third-order valence-corrected chi connectivity index (χ3v) is 11.9. The number of rotatable bonds is 6. The van der Waals surface area contributed by atoms with Crippen molar-refractivity contribution in [2.45, 2.75) is 0 Å². The van der Waals surface area contributed by atoms with Crippen molar-refractivity contribution in [3.8, 4) is 62.1 Å². The van der Waals surface area contributed by atoms with Crippen LogP contribution in [0, 0.1) is 0 Å². The molecule has 8 aromatic carbocycles. The first-order valence-corrected chi connectivity index (χ1v) is 19.6. The minimum absolute atomic E-state index is 0.618. The van der Waals surface area contributed by atoms with Crippen LogP contribution < -0.4 is 0 Å². The molecule has 0 amide bonds. The number of hydrogen-bond acceptors (Lipinski definition) is 4. The summed E-state index contributed by atoms with van der Waals surface area (Å²) in [5.74, 6) is 1.88. The average Bonchev–Trinajstić information content (AvgIpc) is 3.83. The van der Waals surface area contributed by atoms with Crippen LogP contribution in [0.4, 0.5) is 0 Å². The van der Waals surface area contributed by atoms with Crippen LogP contribution in [0.1, 0.15) is 0 Å². The van der Waals surface area contributed by atoms with Crippen LogP contribution in [0.3, 0.4) is 0 Å². The summed E-state index contributed by atoms with van der Waals surface area (Å²) in [5.41, 5.74) is 10.6. The molecule has 5 heteroatoms. The Morgan fingerprint density at radius 3 is 1.50 bits per heavy atom. The van der Waals surface area contributed by atoms with E-state index in [-0.39, 0.29) is 0 Å². The molecule has 0 saturated heterocycles. The lowest BCUT2D eigenvalue weighted by atomic mass is 9.96. The smallest absolute Gasteiger partial charge is 0.166 e. The predicted octanol–water partition coefficient (Wildman–Crippen LogP) is 13.7. The van der Waals surface area contributed by atoms with Gasteiger partial charge in [-0.15, -0.1) is 11.3 Å². The van der Waals surface area contributed by atoms with E-state index in [9.17, 15) is 0 Å². The van der Waals surface area contributed by atoms with E-state index in [0.29, 0.717) is 17.5 Å². The van der Waals surface area contributed by atoms with Gasteiger partial charge in [-0.05, 0) is 76.9 Å². The fourth-order valence-corrected chi connectivity index (χ4v) is 9.27. The van der Waals surface area contributed by atoms with E-state index in [4.69, 9.17) is 15.0 Å². The number of benzene rings is 8. The molecule has 11 rings (SSSR count). The van der Waals surface area contributed by atoms with Crippen molar-refractivity contribution in [3.63, 3.8) is 0 Å². The number of aromatic nitrogens is 4. The van der Waals surface area contributed by atoms with Gasteiger partial charge >= 0.3 is 0 Å². The van der Waals surface area contributed by atoms with Crippen LogP contribution in [-0.2, 0) is 0 Å². The lowest BCUT2D eigenvalue weighted by Gasteiger charge is -2.15. The first-order chi connectivity index (χ1) is 27.8. The van der Waals surface area contributed by atoms with Gasteiger partial charge in [0, 0.05) is 47.6 Å². The Morgan fingerprint density at radius 2 is 0.821 bits per heavy atom. The average molecular weight is 733 g/mol. The Balaban J connectivity index is 1.20. The van der Waals surface area contributed by atoms with E-state index in [1.807, 2.05) is 0 Å². The molecule has 262 valence electrons. The van der Waals surface area contributed by atoms with E-state index < -0.39 is 0 Å². The molecule has 3 aromatic heterocycles. The highest BCUT2D eigenvalue weighted by atomic mass is 32.1. The van der Waals surface area contributed by atoms with Crippen LogP contribution in [-0.4, -0.2) is 19.5 Å². The van der Waals surface area contributed by atoms with Crippen LogP contribution in [0.15, 0.2) is 194 Å². The summed E-state index contributed by atoms with van der Waals surface area (Å²) in [5, 5.41) is 4.86. The fraction of sp³-hybridized carbons (Fsp3) is 0. The van der Waals surface area contributed by atoms with Crippen molar-refractivity contribution in [1.29, 1.82) is 0 Å². The maximum Gasteiger partial charge on any atom is 0.166 e. The zero-order valence-electron chi connectivity index (χ0n) is 30.2. The van der Waals surface area contributed by atoms with Crippen molar-refractivity contribution in [2.24, 2.45) is 0 Å². The third kappa shape index (κ3) is 5.40. The van der Waals surface area contributed by atoms with Crippen LogP contribution in [0.2, 0.25) is 0 Å². The SMILES string of the molecule is c1ccc(-c2cc(-c3ccccc3)cc(-c3nc(-c4ccccc4-n4c5ccccc5c5ccccc54)nc(-c4cccc5c4sc4ccccc45)n3)c2)cc1. The van der Waals surface area contributed by atoms with Gasteiger partial charge in [-0.2, -0.15) is 0 Å². The highest BCUT2D eigenvalue weighted by molar-refractivity contribution is 7.26. The summed E-state index contributed by atoms with van der Waals surface area (Å²) in [7, 11) is 0. The number of nitrogens with zero attached hydrogens (tertiary/aromatic N) is 4. The second-order valence-electron chi connectivity index (χ2n) is 14.0. The lowest BCUT2D eigenvalue weighted by molar-refractivity contribution is 1.07. The predicted molar refractivity (Wildman–Crippen MR) is 234 cm³/mol. The van der Waals surface area contributed by atoms with Gasteiger partial charge < -0.3 is 4.57 Å². The summed E-state index contributed by atoms with van der Waals surface area (Å²) >= 11 is 1.79. The largest absolute Gasteiger partial charge is 0.309 e. The second kappa shape index (κ2) is 13.3. The quantitative estimate of drug-likeness (QED) is 0.171. The van der Waals surface area contributed by atoms with Crippen molar-refractivity contribution in [2.75, 3.05) is 0 Å². The lowest BCUT2D eigenvalue weighted by Crippen LogP contribution is -2.04. The van der Waals surface area contributed by atoms with Crippen molar-refractivity contribution < 1.29 is 0 Å². The Bertz CT molecular complexity index is 3140.